The van der Waals surface area contributed by atoms with Gasteiger partial charge in [0.05, 0.1) is 11.3 Å². The minimum absolute atomic E-state index is 0.484. The Morgan fingerprint density at radius 2 is 2.27 bits per heavy atom. The van der Waals surface area contributed by atoms with Gasteiger partial charge in [0, 0.05) is 6.54 Å². The second kappa shape index (κ2) is 5.78. The normalized spacial score (nSPS) is 8.73. The predicted octanol–water partition coefficient (Wildman–Crippen LogP) is 2.03. The second-order valence-corrected chi connectivity index (χ2v) is 3.19. The lowest BCUT2D eigenvalue weighted by Crippen LogP contribution is -2.28. The molecule has 4 heteroatoms. The van der Waals surface area contributed by atoms with Crippen LogP contribution in [0.5, 0.6) is 0 Å². The molecule has 0 unspecified atom stereocenters. The van der Waals surface area contributed by atoms with Crippen molar-refractivity contribution in [2.45, 2.75) is 0 Å². The molecule has 0 spiro atoms. The van der Waals surface area contributed by atoms with Crippen molar-refractivity contribution in [2.75, 3.05) is 11.9 Å². The van der Waals surface area contributed by atoms with Gasteiger partial charge in [-0.05, 0) is 24.4 Å². The summed E-state index contributed by atoms with van der Waals surface area (Å²) in [6.45, 7) is 4.17. The van der Waals surface area contributed by atoms with E-state index >= 15 is 0 Å². The van der Waals surface area contributed by atoms with E-state index in [4.69, 9.17) is 17.5 Å². The number of hydrogen-bond donors (Lipinski definition) is 2. The molecule has 3 nitrogen and oxygen atoms in total. The van der Waals surface area contributed by atoms with E-state index < -0.39 is 0 Å². The van der Waals surface area contributed by atoms with E-state index in [2.05, 4.69) is 23.3 Å². The average molecular weight is 217 g/mol. The highest BCUT2D eigenvalue weighted by Gasteiger charge is 2.01. The Kier molecular flexibility index (Phi) is 4.32. The van der Waals surface area contributed by atoms with Gasteiger partial charge in [0.25, 0.3) is 0 Å². The van der Waals surface area contributed by atoms with Crippen molar-refractivity contribution < 1.29 is 0 Å². The maximum Gasteiger partial charge on any atom is 0.171 e. The molecule has 0 aliphatic carbocycles. The largest absolute Gasteiger partial charge is 0.359 e. The first-order chi connectivity index (χ1) is 7.27. The smallest absolute Gasteiger partial charge is 0.171 e. The quantitative estimate of drug-likeness (QED) is 0.601. The summed E-state index contributed by atoms with van der Waals surface area (Å²) in [5.74, 6) is 0. The molecule has 0 saturated carbocycles. The Bertz CT molecular complexity index is 407. The molecule has 0 heterocycles. The summed E-state index contributed by atoms with van der Waals surface area (Å²) in [7, 11) is 0. The molecule has 0 amide bonds. The van der Waals surface area contributed by atoms with Crippen LogP contribution < -0.4 is 10.6 Å². The van der Waals surface area contributed by atoms with Crippen LogP contribution in [-0.4, -0.2) is 11.7 Å². The van der Waals surface area contributed by atoms with Crippen molar-refractivity contribution in [1.82, 2.24) is 5.32 Å². The van der Waals surface area contributed by atoms with Crippen molar-refractivity contribution in [3.8, 4) is 6.07 Å². The van der Waals surface area contributed by atoms with E-state index in [9.17, 15) is 0 Å². The van der Waals surface area contributed by atoms with Gasteiger partial charge in [-0.2, -0.15) is 5.26 Å². The van der Waals surface area contributed by atoms with Crippen LogP contribution in [0.15, 0.2) is 36.9 Å². The number of para-hydroxylation sites is 1. The first kappa shape index (κ1) is 11.2. The number of nitrogens with zero attached hydrogens (tertiary/aromatic N) is 1. The van der Waals surface area contributed by atoms with E-state index in [1.807, 2.05) is 12.1 Å². The third-order valence-electron chi connectivity index (χ3n) is 1.70. The van der Waals surface area contributed by atoms with Crippen molar-refractivity contribution in [2.24, 2.45) is 0 Å². The molecule has 1 rings (SSSR count). The Labute approximate surface area is 94.4 Å². The maximum absolute atomic E-state index is 8.84. The van der Waals surface area contributed by atoms with Gasteiger partial charge < -0.3 is 10.6 Å². The number of anilines is 1. The van der Waals surface area contributed by atoms with E-state index in [0.29, 0.717) is 22.9 Å². The molecular weight excluding hydrogens is 206 g/mol. The van der Waals surface area contributed by atoms with E-state index in [-0.39, 0.29) is 0 Å². The molecule has 0 fully saturated rings. The Hall–Kier alpha value is -1.86. The van der Waals surface area contributed by atoms with Gasteiger partial charge >= 0.3 is 0 Å². The number of benzene rings is 1. The third-order valence-corrected chi connectivity index (χ3v) is 1.95. The van der Waals surface area contributed by atoms with Crippen molar-refractivity contribution in [3.63, 3.8) is 0 Å². The highest BCUT2D eigenvalue weighted by Crippen LogP contribution is 2.12. The molecule has 1 aromatic carbocycles. The van der Waals surface area contributed by atoms with Crippen LogP contribution in [0, 0.1) is 11.3 Å². The molecule has 0 aliphatic heterocycles. The number of nitriles is 1. The molecule has 1 aromatic rings. The fourth-order valence-electron chi connectivity index (χ4n) is 1.02. The lowest BCUT2D eigenvalue weighted by atomic mass is 10.2. The van der Waals surface area contributed by atoms with Gasteiger partial charge in [-0.15, -0.1) is 6.58 Å². The summed E-state index contributed by atoms with van der Waals surface area (Å²) in [5.41, 5.74) is 1.28. The number of hydrogen-bond acceptors (Lipinski definition) is 2. The summed E-state index contributed by atoms with van der Waals surface area (Å²) in [4.78, 5) is 0. The van der Waals surface area contributed by atoms with Gasteiger partial charge in [0.2, 0.25) is 0 Å². The summed E-state index contributed by atoms with van der Waals surface area (Å²) >= 11 is 5.03. The molecule has 0 atom stereocenters. The zero-order valence-corrected chi connectivity index (χ0v) is 8.97. The third kappa shape index (κ3) is 3.41. The monoisotopic (exact) mass is 217 g/mol. The summed E-state index contributed by atoms with van der Waals surface area (Å²) in [6.07, 6.45) is 1.71. The van der Waals surface area contributed by atoms with E-state index in [1.54, 1.807) is 18.2 Å². The Morgan fingerprint density at radius 3 is 2.93 bits per heavy atom. The topological polar surface area (TPSA) is 47.8 Å². The van der Waals surface area contributed by atoms with Gasteiger partial charge in [-0.1, -0.05) is 18.2 Å². The number of thiocarbonyl (C=S) groups is 1. The minimum atomic E-state index is 0.484. The van der Waals surface area contributed by atoms with Crippen molar-refractivity contribution in [1.29, 1.82) is 5.26 Å². The zero-order valence-electron chi connectivity index (χ0n) is 8.16. The molecule has 0 aromatic heterocycles. The van der Waals surface area contributed by atoms with Gasteiger partial charge in [-0.3, -0.25) is 0 Å². The van der Waals surface area contributed by atoms with E-state index in [1.165, 1.54) is 0 Å². The molecule has 76 valence electrons. The minimum Gasteiger partial charge on any atom is -0.359 e. The SMILES string of the molecule is C=CCNC(=S)Nc1ccccc1C#N. The molecule has 0 saturated heterocycles. The fourth-order valence-corrected chi connectivity index (χ4v) is 1.21. The molecular formula is C11H11N3S. The highest BCUT2D eigenvalue weighted by molar-refractivity contribution is 7.80. The lowest BCUT2D eigenvalue weighted by molar-refractivity contribution is 1.06. The molecule has 0 aliphatic rings. The molecule has 0 bridgehead atoms. The predicted molar refractivity (Wildman–Crippen MR) is 65.6 cm³/mol. The Morgan fingerprint density at radius 1 is 1.53 bits per heavy atom. The average Bonchev–Trinajstić information content (AvgIpc) is 2.27. The Balaban J connectivity index is 2.68. The first-order valence-electron chi connectivity index (χ1n) is 4.43. The molecule has 2 N–H and O–H groups in total. The summed E-state index contributed by atoms with van der Waals surface area (Å²) in [5, 5.41) is 15.2. The van der Waals surface area contributed by atoms with Crippen LogP contribution in [0.4, 0.5) is 5.69 Å². The van der Waals surface area contributed by atoms with Crippen LogP contribution in [-0.2, 0) is 0 Å². The lowest BCUT2D eigenvalue weighted by Gasteiger charge is -2.09. The van der Waals surface area contributed by atoms with Crippen LogP contribution in [0.3, 0.4) is 0 Å². The van der Waals surface area contributed by atoms with Crippen LogP contribution in [0.1, 0.15) is 5.56 Å². The molecule has 15 heavy (non-hydrogen) atoms. The van der Waals surface area contributed by atoms with Gasteiger partial charge in [-0.25, -0.2) is 0 Å². The second-order valence-electron chi connectivity index (χ2n) is 2.78. The van der Waals surface area contributed by atoms with Crippen molar-refractivity contribution in [3.05, 3.63) is 42.5 Å². The van der Waals surface area contributed by atoms with Gasteiger partial charge in [0.1, 0.15) is 6.07 Å². The van der Waals surface area contributed by atoms with E-state index in [0.717, 1.165) is 0 Å². The molecule has 0 radical (unpaired) electrons. The van der Waals surface area contributed by atoms with Crippen molar-refractivity contribution >= 4 is 23.0 Å². The fraction of sp³-hybridized carbons (Fsp3) is 0.0909. The summed E-state index contributed by atoms with van der Waals surface area (Å²) in [6, 6.07) is 9.28. The summed E-state index contributed by atoms with van der Waals surface area (Å²) < 4.78 is 0. The number of nitrogens with one attached hydrogen (secondary N) is 2. The highest BCUT2D eigenvalue weighted by atomic mass is 32.1. The standard InChI is InChI=1S/C11H11N3S/c1-2-7-13-11(15)14-10-6-4-3-5-9(10)8-12/h2-6H,1,7H2,(H2,13,14,15). The zero-order chi connectivity index (χ0) is 11.1. The first-order valence-corrected chi connectivity index (χ1v) is 4.83. The maximum atomic E-state index is 8.84. The van der Waals surface area contributed by atoms with Crippen LogP contribution in [0.25, 0.3) is 0 Å². The number of rotatable bonds is 3. The van der Waals surface area contributed by atoms with Gasteiger partial charge in [0.15, 0.2) is 5.11 Å². The van der Waals surface area contributed by atoms with Crippen LogP contribution in [0.2, 0.25) is 0 Å². The van der Waals surface area contributed by atoms with Crippen LogP contribution >= 0.6 is 12.2 Å².